The first-order valence-electron chi connectivity index (χ1n) is 7.06. The van der Waals surface area contributed by atoms with Gasteiger partial charge >= 0.3 is 5.97 Å². The van der Waals surface area contributed by atoms with Crippen LogP contribution < -0.4 is 0 Å². The first kappa shape index (κ1) is 14.6. The van der Waals surface area contributed by atoms with Crippen molar-refractivity contribution < 1.29 is 9.53 Å². The van der Waals surface area contributed by atoms with Gasteiger partial charge in [-0.3, -0.25) is 4.68 Å². The van der Waals surface area contributed by atoms with Gasteiger partial charge in [0.15, 0.2) is 5.69 Å². The van der Waals surface area contributed by atoms with Gasteiger partial charge < -0.3 is 4.74 Å². The van der Waals surface area contributed by atoms with Crippen molar-refractivity contribution in [1.29, 1.82) is 0 Å². The van der Waals surface area contributed by atoms with Crippen LogP contribution in [0, 0.1) is 0 Å². The number of carbonyl (C=O) groups excluding carboxylic acids is 1. The van der Waals surface area contributed by atoms with Crippen LogP contribution >= 0.6 is 11.6 Å². The Morgan fingerprint density at radius 2 is 1.91 bits per heavy atom. The van der Waals surface area contributed by atoms with Crippen molar-refractivity contribution in [2.75, 3.05) is 6.61 Å². The van der Waals surface area contributed by atoms with Gasteiger partial charge in [0.05, 0.1) is 18.7 Å². The van der Waals surface area contributed by atoms with E-state index >= 15 is 0 Å². The molecule has 0 aliphatic rings. The summed E-state index contributed by atoms with van der Waals surface area (Å²) in [7, 11) is 0. The number of benzene rings is 2. The average Bonchev–Trinajstić information content (AvgIpc) is 2.87. The van der Waals surface area contributed by atoms with Gasteiger partial charge in [-0.1, -0.05) is 41.9 Å². The summed E-state index contributed by atoms with van der Waals surface area (Å²) in [6, 6.07) is 15.0. The summed E-state index contributed by atoms with van der Waals surface area (Å²) in [5.41, 5.74) is 2.27. The van der Waals surface area contributed by atoms with E-state index in [4.69, 9.17) is 16.3 Å². The minimum absolute atomic E-state index is 0.333. The fourth-order valence-corrected chi connectivity index (χ4v) is 2.50. The molecule has 1 heterocycles. The van der Waals surface area contributed by atoms with Crippen LogP contribution in [0.1, 0.15) is 23.0 Å². The molecule has 0 saturated heterocycles. The van der Waals surface area contributed by atoms with E-state index in [1.807, 2.05) is 48.5 Å². The van der Waals surface area contributed by atoms with Crippen molar-refractivity contribution >= 4 is 28.5 Å². The number of hydrogen-bond donors (Lipinski definition) is 0. The van der Waals surface area contributed by atoms with Gasteiger partial charge in [-0.05, 0) is 30.7 Å². The lowest BCUT2D eigenvalue weighted by molar-refractivity contribution is 0.0515. The molecule has 112 valence electrons. The lowest BCUT2D eigenvalue weighted by Crippen LogP contribution is -2.14. The highest BCUT2D eigenvalue weighted by molar-refractivity contribution is 6.30. The molecule has 1 aromatic heterocycles. The van der Waals surface area contributed by atoms with Crippen molar-refractivity contribution in [2.24, 2.45) is 0 Å². The Labute approximate surface area is 133 Å². The zero-order valence-corrected chi connectivity index (χ0v) is 12.9. The van der Waals surface area contributed by atoms with Crippen LogP contribution in [0.3, 0.4) is 0 Å². The smallest absolute Gasteiger partial charge is 0.357 e. The molecule has 2 aromatic carbocycles. The number of nitrogens with zero attached hydrogens (tertiary/aromatic N) is 2. The highest BCUT2D eigenvalue weighted by Gasteiger charge is 2.19. The zero-order valence-electron chi connectivity index (χ0n) is 12.1. The van der Waals surface area contributed by atoms with Gasteiger partial charge in [0.2, 0.25) is 0 Å². The quantitative estimate of drug-likeness (QED) is 0.686. The summed E-state index contributed by atoms with van der Waals surface area (Å²) in [6.45, 7) is 2.61. The first-order valence-corrected chi connectivity index (χ1v) is 7.44. The maximum Gasteiger partial charge on any atom is 0.357 e. The number of esters is 1. The molecule has 0 unspecified atom stereocenters. The van der Waals surface area contributed by atoms with Crippen molar-refractivity contribution in [3.8, 4) is 0 Å². The predicted molar refractivity (Wildman–Crippen MR) is 86.2 cm³/mol. The number of hydrogen-bond acceptors (Lipinski definition) is 3. The van der Waals surface area contributed by atoms with Crippen LogP contribution in [0.25, 0.3) is 10.9 Å². The second-order valence-electron chi connectivity index (χ2n) is 4.87. The molecule has 0 N–H and O–H groups in total. The van der Waals surface area contributed by atoms with Crippen molar-refractivity contribution in [3.05, 3.63) is 64.8 Å². The van der Waals surface area contributed by atoms with Gasteiger partial charge in [0.25, 0.3) is 0 Å². The van der Waals surface area contributed by atoms with Crippen LogP contribution in [0.15, 0.2) is 48.5 Å². The molecule has 0 aliphatic heterocycles. The summed E-state index contributed by atoms with van der Waals surface area (Å²) >= 11 is 5.91. The van der Waals surface area contributed by atoms with E-state index in [9.17, 15) is 4.79 Å². The molecule has 0 atom stereocenters. The lowest BCUT2D eigenvalue weighted by atomic mass is 10.2. The molecule has 0 amide bonds. The summed E-state index contributed by atoms with van der Waals surface area (Å²) < 4.78 is 6.86. The molecule has 0 fully saturated rings. The van der Waals surface area contributed by atoms with E-state index in [1.54, 1.807) is 11.6 Å². The van der Waals surface area contributed by atoms with Crippen molar-refractivity contribution in [3.63, 3.8) is 0 Å². The highest BCUT2D eigenvalue weighted by Crippen LogP contribution is 2.21. The normalized spacial score (nSPS) is 10.8. The van der Waals surface area contributed by atoms with Gasteiger partial charge in [0.1, 0.15) is 0 Å². The van der Waals surface area contributed by atoms with E-state index in [0.29, 0.717) is 23.9 Å². The van der Waals surface area contributed by atoms with Gasteiger partial charge in [-0.15, -0.1) is 0 Å². The van der Waals surface area contributed by atoms with Crippen LogP contribution in [-0.2, 0) is 11.3 Å². The Morgan fingerprint density at radius 3 is 2.64 bits per heavy atom. The lowest BCUT2D eigenvalue weighted by Gasteiger charge is -2.07. The fraction of sp³-hybridized carbons (Fsp3) is 0.176. The van der Waals surface area contributed by atoms with E-state index in [0.717, 1.165) is 16.5 Å². The Bertz CT molecular complexity index is 809. The van der Waals surface area contributed by atoms with Crippen molar-refractivity contribution in [2.45, 2.75) is 13.5 Å². The van der Waals surface area contributed by atoms with E-state index < -0.39 is 0 Å². The maximum absolute atomic E-state index is 12.3. The van der Waals surface area contributed by atoms with Gasteiger partial charge in [0, 0.05) is 10.4 Å². The minimum atomic E-state index is -0.356. The van der Waals surface area contributed by atoms with E-state index in [-0.39, 0.29) is 5.97 Å². The third-order valence-electron chi connectivity index (χ3n) is 3.36. The Hall–Kier alpha value is -2.33. The summed E-state index contributed by atoms with van der Waals surface area (Å²) in [5.74, 6) is -0.356. The highest BCUT2D eigenvalue weighted by atomic mass is 35.5. The third kappa shape index (κ3) is 2.83. The summed E-state index contributed by atoms with van der Waals surface area (Å²) in [6.07, 6.45) is 0. The molecular formula is C17H15ClN2O2. The van der Waals surface area contributed by atoms with Gasteiger partial charge in [-0.2, -0.15) is 5.10 Å². The number of aromatic nitrogens is 2. The molecule has 3 rings (SSSR count). The summed E-state index contributed by atoms with van der Waals surface area (Å²) in [4.78, 5) is 12.3. The number of fused-ring (bicyclic) bond motifs is 1. The second kappa shape index (κ2) is 6.20. The maximum atomic E-state index is 12.3. The predicted octanol–water partition coefficient (Wildman–Crippen LogP) is 3.91. The van der Waals surface area contributed by atoms with E-state index in [2.05, 4.69) is 5.10 Å². The van der Waals surface area contributed by atoms with E-state index in [1.165, 1.54) is 0 Å². The average molecular weight is 315 g/mol. The molecule has 0 saturated carbocycles. The Balaban J connectivity index is 2.05. The fourth-order valence-electron chi connectivity index (χ4n) is 2.37. The van der Waals surface area contributed by atoms with Crippen LogP contribution in [0.2, 0.25) is 5.02 Å². The second-order valence-corrected chi connectivity index (χ2v) is 5.31. The van der Waals surface area contributed by atoms with Crippen molar-refractivity contribution in [1.82, 2.24) is 9.78 Å². The number of carbonyl (C=O) groups is 1. The SMILES string of the molecule is CCOC(=O)c1c2ccccc2nn1Cc1ccc(Cl)cc1. The van der Waals surface area contributed by atoms with Gasteiger partial charge in [-0.25, -0.2) is 4.79 Å². The standard InChI is InChI=1S/C17H15ClN2O2/c1-2-22-17(21)16-14-5-3-4-6-15(14)19-20(16)11-12-7-9-13(18)10-8-12/h3-10H,2,11H2,1H3. The Morgan fingerprint density at radius 1 is 1.18 bits per heavy atom. The van der Waals surface area contributed by atoms with Crippen LogP contribution in [0.4, 0.5) is 0 Å². The molecule has 0 spiro atoms. The molecule has 0 radical (unpaired) electrons. The number of halogens is 1. The monoisotopic (exact) mass is 314 g/mol. The number of rotatable bonds is 4. The molecular weight excluding hydrogens is 300 g/mol. The molecule has 22 heavy (non-hydrogen) atoms. The number of ether oxygens (including phenoxy) is 1. The molecule has 0 aliphatic carbocycles. The zero-order chi connectivity index (χ0) is 15.5. The molecule has 0 bridgehead atoms. The Kier molecular flexibility index (Phi) is 4.11. The first-order chi connectivity index (χ1) is 10.7. The topological polar surface area (TPSA) is 44.1 Å². The molecule has 4 nitrogen and oxygen atoms in total. The third-order valence-corrected chi connectivity index (χ3v) is 3.61. The van der Waals surface area contributed by atoms with Crippen LogP contribution in [0.5, 0.6) is 0 Å². The molecule has 5 heteroatoms. The molecule has 3 aromatic rings. The summed E-state index contributed by atoms with van der Waals surface area (Å²) in [5, 5.41) is 6.00. The minimum Gasteiger partial charge on any atom is -0.461 e. The largest absolute Gasteiger partial charge is 0.461 e. The van der Waals surface area contributed by atoms with Crippen LogP contribution in [-0.4, -0.2) is 22.4 Å².